The highest BCUT2D eigenvalue weighted by Crippen LogP contribution is 2.55. The summed E-state index contributed by atoms with van der Waals surface area (Å²) in [6.07, 6.45) is 2.64. The van der Waals surface area contributed by atoms with Crippen molar-refractivity contribution in [3.63, 3.8) is 0 Å². The van der Waals surface area contributed by atoms with Crippen LogP contribution in [0.1, 0.15) is 31.7 Å². The summed E-state index contributed by atoms with van der Waals surface area (Å²) in [5, 5.41) is 0. The van der Waals surface area contributed by atoms with Crippen molar-refractivity contribution in [2.75, 3.05) is 6.16 Å². The van der Waals surface area contributed by atoms with E-state index in [1.54, 1.807) is 0 Å². The molecule has 1 aliphatic rings. The largest absolute Gasteiger partial charge is 0.390 e. The fourth-order valence-corrected chi connectivity index (χ4v) is 3.77. The van der Waals surface area contributed by atoms with Crippen molar-refractivity contribution in [3.8, 4) is 0 Å². The average molecular weight is 282 g/mol. The summed E-state index contributed by atoms with van der Waals surface area (Å²) in [4.78, 5) is 11.6. The van der Waals surface area contributed by atoms with Crippen LogP contribution in [0.2, 0.25) is 0 Å². The van der Waals surface area contributed by atoms with Crippen LogP contribution in [0.15, 0.2) is 30.3 Å². The second-order valence-electron chi connectivity index (χ2n) is 4.72. The van der Waals surface area contributed by atoms with Crippen LogP contribution >= 0.6 is 7.60 Å². The molecule has 1 fully saturated rings. The topological polar surface area (TPSA) is 52.6 Å². The molecule has 0 aromatic heterocycles. The zero-order valence-electron chi connectivity index (χ0n) is 11.1. The molecular weight excluding hydrogens is 263 g/mol. The van der Waals surface area contributed by atoms with Gasteiger partial charge in [-0.1, -0.05) is 50.1 Å². The van der Waals surface area contributed by atoms with Gasteiger partial charge in [0.25, 0.3) is 0 Å². The molecule has 0 N–H and O–H groups in total. The Bertz CT molecular complexity index is 472. The van der Waals surface area contributed by atoms with Gasteiger partial charge in [0.05, 0.1) is 6.16 Å². The molecule has 1 unspecified atom stereocenters. The average Bonchev–Trinajstić information content (AvgIpc) is 2.71. The van der Waals surface area contributed by atoms with Gasteiger partial charge >= 0.3 is 13.6 Å². The van der Waals surface area contributed by atoms with Gasteiger partial charge in [0.1, 0.15) is 0 Å². The minimum atomic E-state index is -3.24. The van der Waals surface area contributed by atoms with Crippen LogP contribution < -0.4 is 0 Å². The van der Waals surface area contributed by atoms with Gasteiger partial charge in [0, 0.05) is 0 Å². The van der Waals surface area contributed by atoms with Crippen molar-refractivity contribution in [2.24, 2.45) is 0 Å². The molecule has 5 heteroatoms. The van der Waals surface area contributed by atoms with Crippen molar-refractivity contribution in [2.45, 2.75) is 38.7 Å². The maximum absolute atomic E-state index is 12.3. The van der Waals surface area contributed by atoms with E-state index in [-0.39, 0.29) is 6.16 Å². The van der Waals surface area contributed by atoms with E-state index in [9.17, 15) is 9.36 Å². The monoisotopic (exact) mass is 282 g/mol. The molecule has 0 amide bonds. The SMILES string of the molecule is CCCC[C@@H]1OP(=O)(CCc2ccccc2)OC1=O. The lowest BCUT2D eigenvalue weighted by Crippen LogP contribution is -2.15. The highest BCUT2D eigenvalue weighted by atomic mass is 31.2. The third-order valence-corrected chi connectivity index (χ3v) is 4.92. The van der Waals surface area contributed by atoms with E-state index < -0.39 is 19.7 Å². The van der Waals surface area contributed by atoms with Gasteiger partial charge in [0.15, 0.2) is 6.10 Å². The molecule has 4 nitrogen and oxygen atoms in total. The van der Waals surface area contributed by atoms with Crippen LogP contribution in [-0.2, 0) is 24.8 Å². The lowest BCUT2D eigenvalue weighted by molar-refractivity contribution is -0.136. The minimum absolute atomic E-state index is 0.255. The zero-order valence-corrected chi connectivity index (χ0v) is 12.0. The molecule has 0 bridgehead atoms. The molecule has 1 saturated heterocycles. The Labute approximate surface area is 113 Å². The molecule has 1 aromatic rings. The predicted octanol–water partition coefficient (Wildman–Crippen LogP) is 3.55. The normalized spacial score (nSPS) is 26.4. The molecule has 2 rings (SSSR count). The summed E-state index contributed by atoms with van der Waals surface area (Å²) >= 11 is 0. The summed E-state index contributed by atoms with van der Waals surface area (Å²) in [6, 6.07) is 9.70. The van der Waals surface area contributed by atoms with E-state index in [0.29, 0.717) is 12.8 Å². The molecule has 0 spiro atoms. The van der Waals surface area contributed by atoms with E-state index in [0.717, 1.165) is 18.4 Å². The van der Waals surface area contributed by atoms with Crippen LogP contribution in [0.4, 0.5) is 0 Å². The van der Waals surface area contributed by atoms with Crippen LogP contribution in [0, 0.1) is 0 Å². The van der Waals surface area contributed by atoms with Crippen LogP contribution in [0.25, 0.3) is 0 Å². The van der Waals surface area contributed by atoms with Crippen LogP contribution in [0.3, 0.4) is 0 Å². The number of aryl methyl sites for hydroxylation is 1. The number of hydrogen-bond donors (Lipinski definition) is 0. The van der Waals surface area contributed by atoms with Gasteiger partial charge in [-0.2, -0.15) is 0 Å². The van der Waals surface area contributed by atoms with E-state index in [2.05, 4.69) is 0 Å². The summed E-state index contributed by atoms with van der Waals surface area (Å²) in [5.74, 6) is -0.468. The van der Waals surface area contributed by atoms with Gasteiger partial charge in [-0.15, -0.1) is 0 Å². The molecule has 1 heterocycles. The molecule has 1 aliphatic heterocycles. The van der Waals surface area contributed by atoms with Crippen molar-refractivity contribution < 1.29 is 18.4 Å². The molecule has 1 aromatic carbocycles. The first-order chi connectivity index (χ1) is 9.13. The van der Waals surface area contributed by atoms with Crippen molar-refractivity contribution in [1.82, 2.24) is 0 Å². The highest BCUT2D eigenvalue weighted by Gasteiger charge is 2.43. The van der Waals surface area contributed by atoms with Gasteiger partial charge in [-0.25, -0.2) is 9.36 Å². The standard InChI is InChI=1S/C14H19O4P/c1-2-3-9-13-14(15)18-19(16,17-13)11-10-12-7-5-4-6-8-12/h4-8,13H,2-3,9-11H2,1H3/t13-,19?/m0/s1. The van der Waals surface area contributed by atoms with Gasteiger partial charge < -0.3 is 4.52 Å². The Morgan fingerprint density at radius 3 is 2.68 bits per heavy atom. The fraction of sp³-hybridized carbons (Fsp3) is 0.500. The van der Waals surface area contributed by atoms with E-state index in [1.807, 2.05) is 37.3 Å². The van der Waals surface area contributed by atoms with Gasteiger partial charge in [0.2, 0.25) is 0 Å². The Balaban J connectivity index is 1.90. The maximum atomic E-state index is 12.3. The summed E-state index contributed by atoms with van der Waals surface area (Å²) in [6.45, 7) is 2.04. The van der Waals surface area contributed by atoms with E-state index in [1.165, 1.54) is 0 Å². The lowest BCUT2D eigenvalue weighted by atomic mass is 10.2. The van der Waals surface area contributed by atoms with Crippen LogP contribution in [0.5, 0.6) is 0 Å². The second kappa shape index (κ2) is 6.36. The molecule has 19 heavy (non-hydrogen) atoms. The van der Waals surface area contributed by atoms with Gasteiger partial charge in [-0.05, 0) is 18.4 Å². The molecule has 0 aliphatic carbocycles. The lowest BCUT2D eigenvalue weighted by Gasteiger charge is -2.09. The van der Waals surface area contributed by atoms with Gasteiger partial charge in [-0.3, -0.25) is 4.52 Å². The maximum Gasteiger partial charge on any atom is 0.382 e. The number of unbranched alkanes of at least 4 members (excludes halogenated alkanes) is 1. The molecule has 0 saturated carbocycles. The number of carbonyl (C=O) groups is 1. The third-order valence-electron chi connectivity index (χ3n) is 3.12. The van der Waals surface area contributed by atoms with Crippen molar-refractivity contribution in [1.29, 1.82) is 0 Å². The van der Waals surface area contributed by atoms with Crippen LogP contribution in [-0.4, -0.2) is 18.2 Å². The smallest absolute Gasteiger partial charge is 0.382 e. The molecular formula is C14H19O4P. The summed E-state index contributed by atoms with van der Waals surface area (Å²) in [7, 11) is -3.24. The van der Waals surface area contributed by atoms with Crippen molar-refractivity contribution >= 4 is 13.6 Å². The first kappa shape index (κ1) is 14.3. The highest BCUT2D eigenvalue weighted by molar-refractivity contribution is 7.54. The number of carbonyl (C=O) groups excluding carboxylic acids is 1. The van der Waals surface area contributed by atoms with E-state index >= 15 is 0 Å². The predicted molar refractivity (Wildman–Crippen MR) is 73.1 cm³/mol. The fourth-order valence-electron chi connectivity index (χ4n) is 2.02. The Hall–Kier alpha value is -1.12. The molecule has 104 valence electrons. The molecule has 0 radical (unpaired) electrons. The third kappa shape index (κ3) is 3.92. The van der Waals surface area contributed by atoms with Crippen molar-refractivity contribution in [3.05, 3.63) is 35.9 Å². The van der Waals surface area contributed by atoms with E-state index in [4.69, 9.17) is 9.05 Å². The number of benzene rings is 1. The summed E-state index contributed by atoms with van der Waals surface area (Å²) in [5.41, 5.74) is 1.06. The number of hydrogen-bond acceptors (Lipinski definition) is 4. The first-order valence-corrected chi connectivity index (χ1v) is 8.40. The quantitative estimate of drug-likeness (QED) is 0.749. The minimum Gasteiger partial charge on any atom is -0.390 e. The summed E-state index contributed by atoms with van der Waals surface area (Å²) < 4.78 is 22.6. The second-order valence-corrected chi connectivity index (χ2v) is 6.78. The Morgan fingerprint density at radius 2 is 2.00 bits per heavy atom. The Kier molecular flexibility index (Phi) is 4.78. The number of rotatable bonds is 6. The first-order valence-electron chi connectivity index (χ1n) is 6.68. The Morgan fingerprint density at radius 1 is 1.26 bits per heavy atom. The molecule has 2 atom stereocenters. The zero-order chi connectivity index (χ0) is 13.7.